The molecule has 2 heterocycles. The summed E-state index contributed by atoms with van der Waals surface area (Å²) in [6.45, 7) is 5.09. The molecule has 2 saturated heterocycles. The zero-order valence-electron chi connectivity index (χ0n) is 14.8. The molecule has 2 heteroatoms. The molecule has 4 bridgehead atoms. The maximum Gasteiger partial charge on any atom is 0.0204 e. The van der Waals surface area contributed by atoms with Crippen molar-refractivity contribution in [1.29, 1.82) is 0 Å². The van der Waals surface area contributed by atoms with E-state index in [0.29, 0.717) is 17.1 Å². The summed E-state index contributed by atoms with van der Waals surface area (Å²) in [5.74, 6) is 2.05. The van der Waals surface area contributed by atoms with E-state index in [1.54, 1.807) is 0 Å². The Bertz CT molecular complexity index is 388. The van der Waals surface area contributed by atoms with Crippen LogP contribution in [-0.2, 0) is 0 Å². The van der Waals surface area contributed by atoms with Gasteiger partial charge in [-0.15, -0.1) is 0 Å². The summed E-state index contributed by atoms with van der Waals surface area (Å²) in [4.78, 5) is 3.04. The molecule has 0 amide bonds. The van der Waals surface area contributed by atoms with Crippen LogP contribution in [0, 0.1) is 11.8 Å². The number of rotatable bonds is 1. The van der Waals surface area contributed by atoms with Crippen LogP contribution in [0.5, 0.6) is 0 Å². The fraction of sp³-hybridized carbons (Fsp3) is 1.00. The lowest BCUT2D eigenvalue weighted by Gasteiger charge is -2.64. The molecule has 0 aromatic rings. The minimum atomic E-state index is 0.385. The van der Waals surface area contributed by atoms with Crippen LogP contribution in [0.3, 0.4) is 0 Å². The Hall–Kier alpha value is -0.0800. The summed E-state index contributed by atoms with van der Waals surface area (Å²) in [7, 11) is 0. The maximum absolute atomic E-state index is 6.48. The first-order chi connectivity index (χ1) is 10.5. The van der Waals surface area contributed by atoms with Gasteiger partial charge in [0.15, 0.2) is 0 Å². The monoisotopic (exact) mass is 304 g/mol. The van der Waals surface area contributed by atoms with Gasteiger partial charge in [0.25, 0.3) is 0 Å². The third kappa shape index (κ3) is 2.55. The molecular weight excluding hydrogens is 268 g/mol. The Labute approximate surface area is 137 Å². The van der Waals surface area contributed by atoms with E-state index in [1.807, 2.05) is 0 Å². The van der Waals surface area contributed by atoms with E-state index in [4.69, 9.17) is 5.73 Å². The largest absolute Gasteiger partial charge is 0.328 e. The van der Waals surface area contributed by atoms with Crippen LogP contribution < -0.4 is 5.73 Å². The molecule has 4 fully saturated rings. The lowest BCUT2D eigenvalue weighted by atomic mass is 9.64. The van der Waals surface area contributed by atoms with Crippen LogP contribution in [0.25, 0.3) is 0 Å². The Morgan fingerprint density at radius 3 is 1.91 bits per heavy atom. The lowest BCUT2D eigenvalue weighted by molar-refractivity contribution is -0.132. The second-order valence-electron chi connectivity index (χ2n) is 9.76. The van der Waals surface area contributed by atoms with Crippen molar-refractivity contribution in [2.45, 2.75) is 114 Å². The molecule has 0 aromatic heterocycles. The molecule has 0 radical (unpaired) electrons. The van der Waals surface area contributed by atoms with Gasteiger partial charge in [0, 0.05) is 23.2 Å². The van der Waals surface area contributed by atoms with Crippen molar-refractivity contribution in [3.05, 3.63) is 0 Å². The summed E-state index contributed by atoms with van der Waals surface area (Å²) in [6.07, 6.45) is 17.1. The van der Waals surface area contributed by atoms with Gasteiger partial charge in [-0.05, 0) is 77.0 Å². The second kappa shape index (κ2) is 5.48. The Balaban J connectivity index is 1.62. The molecule has 2 nitrogen and oxygen atoms in total. The molecule has 2 N–H and O–H groups in total. The number of nitrogens with zero attached hydrogens (tertiary/aromatic N) is 1. The van der Waals surface area contributed by atoms with Gasteiger partial charge >= 0.3 is 0 Å². The van der Waals surface area contributed by atoms with Crippen LogP contribution in [0.2, 0.25) is 0 Å². The van der Waals surface area contributed by atoms with Gasteiger partial charge < -0.3 is 5.73 Å². The molecule has 2 aliphatic carbocycles. The Morgan fingerprint density at radius 1 is 0.818 bits per heavy atom. The summed E-state index contributed by atoms with van der Waals surface area (Å²) in [6, 6.07) is 1.28. The van der Waals surface area contributed by atoms with Gasteiger partial charge in [0.1, 0.15) is 0 Å². The number of hydrogen-bond acceptors (Lipinski definition) is 2. The van der Waals surface area contributed by atoms with E-state index >= 15 is 0 Å². The summed E-state index contributed by atoms with van der Waals surface area (Å²) in [5.41, 5.74) is 7.25. The normalized spacial score (nSPS) is 53.0. The standard InChI is InChI=1S/C20H36N2/c1-19-8-5-9-20(2,14-17(21)13-19)22(19)18-11-15-6-3-4-7-16(10-15)12-18/h15-18H,3-14,21H2,1-2H3/t15-,16+,17?,18?,19-,20?/m0/s1. The zero-order chi connectivity index (χ0) is 15.4. The van der Waals surface area contributed by atoms with E-state index in [9.17, 15) is 0 Å². The van der Waals surface area contributed by atoms with Crippen LogP contribution in [-0.4, -0.2) is 28.1 Å². The average molecular weight is 305 g/mol. The van der Waals surface area contributed by atoms with Crippen molar-refractivity contribution in [3.63, 3.8) is 0 Å². The van der Waals surface area contributed by atoms with E-state index in [-0.39, 0.29) is 0 Å². The van der Waals surface area contributed by atoms with Crippen molar-refractivity contribution in [2.75, 3.05) is 0 Å². The van der Waals surface area contributed by atoms with Gasteiger partial charge in [-0.25, -0.2) is 0 Å². The molecule has 22 heavy (non-hydrogen) atoms. The van der Waals surface area contributed by atoms with E-state index in [1.165, 1.54) is 77.0 Å². The fourth-order valence-corrected chi connectivity index (χ4v) is 7.30. The van der Waals surface area contributed by atoms with E-state index in [0.717, 1.165) is 17.9 Å². The van der Waals surface area contributed by atoms with Crippen molar-refractivity contribution < 1.29 is 0 Å². The predicted octanol–water partition coefficient (Wildman–Crippen LogP) is 4.47. The van der Waals surface area contributed by atoms with Gasteiger partial charge in [0.2, 0.25) is 0 Å². The molecule has 126 valence electrons. The SMILES string of the molecule is CC12CCC[C@@](C)(CC(N)C1)N2C1C[C@H]2CCCC[C@@H](C1)C2. The highest BCUT2D eigenvalue weighted by molar-refractivity contribution is 5.11. The lowest BCUT2D eigenvalue weighted by Crippen LogP contribution is -2.71. The highest BCUT2D eigenvalue weighted by Gasteiger charge is 2.54. The summed E-state index contributed by atoms with van der Waals surface area (Å²) < 4.78 is 0. The van der Waals surface area contributed by atoms with Gasteiger partial charge in [0.05, 0.1) is 0 Å². The predicted molar refractivity (Wildman–Crippen MR) is 92.8 cm³/mol. The maximum atomic E-state index is 6.48. The van der Waals surface area contributed by atoms with Crippen molar-refractivity contribution in [1.82, 2.24) is 4.90 Å². The van der Waals surface area contributed by atoms with E-state index < -0.39 is 0 Å². The van der Waals surface area contributed by atoms with Gasteiger partial charge in [-0.1, -0.05) is 25.7 Å². The number of piperidine rings is 2. The zero-order valence-corrected chi connectivity index (χ0v) is 14.8. The molecule has 2 aliphatic heterocycles. The van der Waals surface area contributed by atoms with Gasteiger partial charge in [-0.2, -0.15) is 0 Å². The molecule has 3 unspecified atom stereocenters. The third-order valence-electron chi connectivity index (χ3n) is 7.72. The van der Waals surface area contributed by atoms with Crippen LogP contribution in [0.15, 0.2) is 0 Å². The molecular formula is C20H36N2. The topological polar surface area (TPSA) is 29.3 Å². The molecule has 4 rings (SSSR count). The number of hydrogen-bond donors (Lipinski definition) is 1. The molecule has 0 spiro atoms. The first kappa shape index (κ1) is 15.4. The minimum absolute atomic E-state index is 0.385. The van der Waals surface area contributed by atoms with E-state index in [2.05, 4.69) is 18.7 Å². The fourth-order valence-electron chi connectivity index (χ4n) is 7.30. The Kier molecular flexibility index (Phi) is 3.85. The Morgan fingerprint density at radius 2 is 1.36 bits per heavy atom. The van der Waals surface area contributed by atoms with Crippen LogP contribution in [0.1, 0.15) is 90.9 Å². The van der Waals surface area contributed by atoms with Gasteiger partial charge in [-0.3, -0.25) is 4.90 Å². The molecule has 6 atom stereocenters. The second-order valence-corrected chi connectivity index (χ2v) is 9.76. The first-order valence-corrected chi connectivity index (χ1v) is 10.0. The van der Waals surface area contributed by atoms with Crippen molar-refractivity contribution >= 4 is 0 Å². The van der Waals surface area contributed by atoms with Crippen molar-refractivity contribution in [2.24, 2.45) is 17.6 Å². The van der Waals surface area contributed by atoms with Crippen LogP contribution >= 0.6 is 0 Å². The number of nitrogens with two attached hydrogens (primary N) is 1. The quantitative estimate of drug-likeness (QED) is 0.774. The highest BCUT2D eigenvalue weighted by atomic mass is 15.3. The molecule has 4 aliphatic rings. The third-order valence-corrected chi connectivity index (χ3v) is 7.72. The minimum Gasteiger partial charge on any atom is -0.328 e. The highest BCUT2D eigenvalue weighted by Crippen LogP contribution is 2.52. The average Bonchev–Trinajstić information content (AvgIpc) is 2.56. The molecule has 2 saturated carbocycles. The summed E-state index contributed by atoms with van der Waals surface area (Å²) in [5, 5.41) is 0. The smallest absolute Gasteiger partial charge is 0.0204 e. The molecule has 0 aromatic carbocycles. The number of fused-ring (bicyclic) bond motifs is 4. The first-order valence-electron chi connectivity index (χ1n) is 10.0. The van der Waals surface area contributed by atoms with Crippen molar-refractivity contribution in [3.8, 4) is 0 Å². The van der Waals surface area contributed by atoms with Crippen LogP contribution in [0.4, 0.5) is 0 Å². The summed E-state index contributed by atoms with van der Waals surface area (Å²) >= 11 is 0.